The van der Waals surface area contributed by atoms with Gasteiger partial charge in [0.05, 0.1) is 0 Å². The van der Waals surface area contributed by atoms with Crippen LogP contribution < -0.4 is 4.90 Å². The summed E-state index contributed by atoms with van der Waals surface area (Å²) in [4.78, 5) is 2.51. The normalized spacial score (nSPS) is 10.6. The largest absolute Gasteiger partial charge is 0.372 e. The van der Waals surface area contributed by atoms with Gasteiger partial charge in [0, 0.05) is 18.8 Å². The lowest BCUT2D eigenvalue weighted by Crippen LogP contribution is -2.25. The van der Waals surface area contributed by atoms with Crippen LogP contribution in [0.1, 0.15) is 39.5 Å². The molecule has 0 aliphatic heterocycles. The fraction of sp³-hybridized carbons (Fsp3) is 0.400. The van der Waals surface area contributed by atoms with E-state index < -0.39 is 0 Å². The third-order valence-corrected chi connectivity index (χ3v) is 3.75. The minimum atomic E-state index is 1.11. The average molecular weight is 279 g/mol. The van der Waals surface area contributed by atoms with Crippen molar-refractivity contribution in [1.29, 1.82) is 0 Å². The van der Waals surface area contributed by atoms with Crippen molar-refractivity contribution in [2.24, 2.45) is 0 Å². The van der Waals surface area contributed by atoms with Crippen molar-refractivity contribution in [1.82, 2.24) is 0 Å². The minimum Gasteiger partial charge on any atom is -0.372 e. The molecule has 2 aromatic rings. The zero-order valence-electron chi connectivity index (χ0n) is 13.2. The quantitative estimate of drug-likeness (QED) is 0.628. The van der Waals surface area contributed by atoms with Crippen molar-refractivity contribution in [3.63, 3.8) is 0 Å². The van der Waals surface area contributed by atoms with Crippen molar-refractivity contribution in [3.05, 3.63) is 54.6 Å². The second-order valence-electron chi connectivity index (χ2n) is 5.44. The molecule has 1 nitrogen and oxygen atoms in total. The van der Waals surface area contributed by atoms with Crippen LogP contribution in [0.25, 0.3) is 11.1 Å². The molecule has 1 heteroatoms. The zero-order valence-corrected chi connectivity index (χ0v) is 13.2. The fourth-order valence-corrected chi connectivity index (χ4v) is 2.44. The molecule has 0 saturated carbocycles. The first-order chi connectivity index (χ1) is 10.3. The summed E-state index contributed by atoms with van der Waals surface area (Å²) in [6.45, 7) is 6.81. The second-order valence-corrected chi connectivity index (χ2v) is 5.44. The van der Waals surface area contributed by atoms with Crippen LogP contribution in [0.3, 0.4) is 0 Å². The molecule has 0 aliphatic carbocycles. The van der Waals surface area contributed by atoms with Gasteiger partial charge in [-0.15, -0.1) is 0 Å². The lowest BCUT2D eigenvalue weighted by Gasteiger charge is -2.25. The van der Waals surface area contributed by atoms with Crippen molar-refractivity contribution >= 4 is 5.69 Å². The zero-order chi connectivity index (χ0) is 14.9. The number of rotatable bonds is 8. The van der Waals surface area contributed by atoms with Crippen molar-refractivity contribution in [3.8, 4) is 11.1 Å². The highest BCUT2D eigenvalue weighted by Gasteiger charge is 2.06. The van der Waals surface area contributed by atoms with E-state index in [-0.39, 0.29) is 0 Å². The monoisotopic (exact) mass is 279 g/mol. The van der Waals surface area contributed by atoms with E-state index in [1.807, 2.05) is 18.2 Å². The van der Waals surface area contributed by atoms with E-state index in [9.17, 15) is 0 Å². The topological polar surface area (TPSA) is 3.24 Å². The summed E-state index contributed by atoms with van der Waals surface area (Å²) >= 11 is 0. The predicted molar refractivity (Wildman–Crippen MR) is 91.6 cm³/mol. The molecule has 0 bridgehead atoms. The first-order valence-electron chi connectivity index (χ1n) is 8.08. The summed E-state index contributed by atoms with van der Waals surface area (Å²) in [6.07, 6.45) is 5.00. The molecule has 0 unspecified atom stereocenters. The Morgan fingerprint density at radius 2 is 1.57 bits per heavy atom. The van der Waals surface area contributed by atoms with Crippen LogP contribution in [0.2, 0.25) is 0 Å². The minimum absolute atomic E-state index is 1.11. The SMILES string of the molecule is CCCCN(CCCC)c1ccc(-c2[c]cc[c]c2)cc1. The standard InChI is InChI=1S/C20H25N/c1-3-5-16-21(17-6-4-2)20-14-12-19(13-15-20)18-10-8-7-9-11-18/h7-8,11-15H,3-6,16-17H2,1-2H3. The molecule has 2 aromatic carbocycles. The molecule has 0 atom stereocenters. The molecule has 0 aromatic heterocycles. The van der Waals surface area contributed by atoms with E-state index in [0.29, 0.717) is 0 Å². The summed E-state index contributed by atoms with van der Waals surface area (Å²) in [7, 11) is 0. The number of benzene rings is 2. The summed E-state index contributed by atoms with van der Waals surface area (Å²) in [5, 5.41) is 0. The number of hydrogen-bond acceptors (Lipinski definition) is 1. The van der Waals surface area contributed by atoms with Crippen LogP contribution >= 0.6 is 0 Å². The maximum atomic E-state index is 3.26. The summed E-state index contributed by atoms with van der Waals surface area (Å²) in [5.41, 5.74) is 3.65. The van der Waals surface area contributed by atoms with E-state index in [4.69, 9.17) is 0 Å². The van der Waals surface area contributed by atoms with Gasteiger partial charge in [-0.05, 0) is 54.3 Å². The van der Waals surface area contributed by atoms with Crippen LogP contribution in [0, 0.1) is 12.1 Å². The van der Waals surface area contributed by atoms with Gasteiger partial charge in [0.25, 0.3) is 0 Å². The highest BCUT2D eigenvalue weighted by atomic mass is 15.1. The Hall–Kier alpha value is -1.76. The summed E-state index contributed by atoms with van der Waals surface area (Å²) < 4.78 is 0. The Morgan fingerprint density at radius 3 is 2.10 bits per heavy atom. The first kappa shape index (κ1) is 15.6. The van der Waals surface area contributed by atoms with Gasteiger partial charge in [-0.3, -0.25) is 0 Å². The average Bonchev–Trinajstić information content (AvgIpc) is 2.56. The van der Waals surface area contributed by atoms with Crippen molar-refractivity contribution in [2.45, 2.75) is 39.5 Å². The van der Waals surface area contributed by atoms with E-state index in [2.05, 4.69) is 55.1 Å². The Balaban J connectivity index is 2.11. The third kappa shape index (κ3) is 4.63. The van der Waals surface area contributed by atoms with Gasteiger partial charge in [0.15, 0.2) is 0 Å². The van der Waals surface area contributed by atoms with E-state index in [1.54, 1.807) is 0 Å². The van der Waals surface area contributed by atoms with E-state index >= 15 is 0 Å². The molecule has 0 spiro atoms. The van der Waals surface area contributed by atoms with E-state index in [0.717, 1.165) is 18.7 Å². The Labute approximate surface area is 129 Å². The van der Waals surface area contributed by atoms with Gasteiger partial charge in [-0.1, -0.05) is 51.0 Å². The van der Waals surface area contributed by atoms with Gasteiger partial charge in [-0.2, -0.15) is 0 Å². The van der Waals surface area contributed by atoms with Crippen LogP contribution in [0.5, 0.6) is 0 Å². The van der Waals surface area contributed by atoms with Gasteiger partial charge in [0.2, 0.25) is 0 Å². The van der Waals surface area contributed by atoms with Gasteiger partial charge in [-0.25, -0.2) is 0 Å². The molecule has 2 radical (unpaired) electrons. The van der Waals surface area contributed by atoms with Gasteiger partial charge < -0.3 is 4.90 Å². The van der Waals surface area contributed by atoms with Crippen LogP contribution in [-0.4, -0.2) is 13.1 Å². The number of nitrogens with zero attached hydrogens (tertiary/aromatic N) is 1. The molecule has 0 heterocycles. The number of hydrogen-bond donors (Lipinski definition) is 0. The van der Waals surface area contributed by atoms with Gasteiger partial charge >= 0.3 is 0 Å². The molecule has 0 fully saturated rings. The van der Waals surface area contributed by atoms with Crippen molar-refractivity contribution in [2.75, 3.05) is 18.0 Å². The number of unbranched alkanes of at least 4 members (excludes halogenated alkanes) is 2. The molecule has 0 saturated heterocycles. The van der Waals surface area contributed by atoms with Crippen molar-refractivity contribution < 1.29 is 0 Å². The summed E-state index contributed by atoms with van der Waals surface area (Å²) in [5.74, 6) is 0. The number of anilines is 1. The van der Waals surface area contributed by atoms with Crippen LogP contribution in [0.4, 0.5) is 5.69 Å². The highest BCUT2D eigenvalue weighted by molar-refractivity contribution is 5.65. The molecule has 0 amide bonds. The summed E-state index contributed by atoms with van der Waals surface area (Å²) in [6, 6.07) is 21.0. The Morgan fingerprint density at radius 1 is 0.905 bits per heavy atom. The maximum Gasteiger partial charge on any atom is 0.0366 e. The molecule has 0 N–H and O–H groups in total. The Kier molecular flexibility index (Phi) is 6.33. The molecular formula is C20H25N. The lowest BCUT2D eigenvalue weighted by atomic mass is 10.1. The molecule has 21 heavy (non-hydrogen) atoms. The third-order valence-electron chi connectivity index (χ3n) is 3.75. The van der Waals surface area contributed by atoms with Crippen LogP contribution in [0.15, 0.2) is 42.5 Å². The molecular weight excluding hydrogens is 254 g/mol. The highest BCUT2D eigenvalue weighted by Crippen LogP contribution is 2.23. The first-order valence-corrected chi connectivity index (χ1v) is 8.08. The molecule has 110 valence electrons. The molecule has 0 aliphatic rings. The molecule has 2 rings (SSSR count). The lowest BCUT2D eigenvalue weighted by molar-refractivity contribution is 0.678. The maximum absolute atomic E-state index is 3.26. The predicted octanol–water partition coefficient (Wildman–Crippen LogP) is 5.36. The van der Waals surface area contributed by atoms with Crippen LogP contribution in [-0.2, 0) is 0 Å². The smallest absolute Gasteiger partial charge is 0.0366 e. The van der Waals surface area contributed by atoms with Gasteiger partial charge in [0.1, 0.15) is 0 Å². The fourth-order valence-electron chi connectivity index (χ4n) is 2.44. The van der Waals surface area contributed by atoms with E-state index in [1.165, 1.54) is 36.9 Å². The Bertz CT molecular complexity index is 493. The second kappa shape index (κ2) is 8.51.